The van der Waals surface area contributed by atoms with Gasteiger partial charge in [0, 0.05) is 35.9 Å². The van der Waals surface area contributed by atoms with Crippen molar-refractivity contribution >= 4 is 33.4 Å². The Morgan fingerprint density at radius 3 is 2.83 bits per heavy atom. The van der Waals surface area contributed by atoms with E-state index in [4.69, 9.17) is 9.97 Å². The zero-order valence-electron chi connectivity index (χ0n) is 13.8. The molecule has 4 heterocycles. The van der Waals surface area contributed by atoms with Crippen LogP contribution in [-0.4, -0.2) is 56.4 Å². The van der Waals surface area contributed by atoms with Gasteiger partial charge < -0.3 is 10.2 Å². The van der Waals surface area contributed by atoms with Gasteiger partial charge in [-0.2, -0.15) is 0 Å². The zero-order valence-corrected chi connectivity index (χ0v) is 13.8. The number of rotatable bonds is 5. The number of imidazole rings is 1. The molecule has 0 saturated heterocycles. The summed E-state index contributed by atoms with van der Waals surface area (Å²) >= 11 is 0. The summed E-state index contributed by atoms with van der Waals surface area (Å²) in [7, 11) is 4.16. The van der Waals surface area contributed by atoms with Crippen molar-refractivity contribution in [1.82, 2.24) is 29.2 Å². The third-order valence-corrected chi connectivity index (χ3v) is 4.03. The highest BCUT2D eigenvalue weighted by Crippen LogP contribution is 2.28. The van der Waals surface area contributed by atoms with Gasteiger partial charge in [-0.1, -0.05) is 0 Å². The van der Waals surface area contributed by atoms with Crippen LogP contribution >= 0.6 is 0 Å². The molecular formula is C17H19N7. The molecule has 0 amide bonds. The molecule has 1 N–H and O–H groups in total. The smallest absolute Gasteiger partial charge is 0.168 e. The van der Waals surface area contributed by atoms with E-state index in [0.717, 1.165) is 52.9 Å². The SMILES string of the molecule is CN(C)CCCNc1nc2c(nc3ccncn32)c2cnccc12. The van der Waals surface area contributed by atoms with Crippen LogP contribution in [0.25, 0.3) is 27.6 Å². The highest BCUT2D eigenvalue weighted by molar-refractivity contribution is 6.08. The van der Waals surface area contributed by atoms with Crippen molar-refractivity contribution in [3.05, 3.63) is 37.1 Å². The van der Waals surface area contributed by atoms with E-state index in [2.05, 4.69) is 34.3 Å². The largest absolute Gasteiger partial charge is 0.369 e. The molecule has 4 aromatic heterocycles. The molecule has 0 aliphatic heterocycles. The summed E-state index contributed by atoms with van der Waals surface area (Å²) < 4.78 is 1.91. The molecule has 0 bridgehead atoms. The molecule has 122 valence electrons. The van der Waals surface area contributed by atoms with Crippen molar-refractivity contribution in [2.24, 2.45) is 0 Å². The van der Waals surface area contributed by atoms with E-state index in [-0.39, 0.29) is 0 Å². The molecule has 0 aromatic carbocycles. The third-order valence-electron chi connectivity index (χ3n) is 4.03. The molecular weight excluding hydrogens is 302 g/mol. The standard InChI is InChI=1S/C17H19N7/c1-23(2)9-3-6-20-16-12-4-7-18-10-13(12)15-17(22-16)24-11-19-8-5-14(24)21-15/h4-5,7-8,10-11H,3,6,9H2,1-2H3,(H,20,22). The molecule has 7 nitrogen and oxygen atoms in total. The highest BCUT2D eigenvalue weighted by Gasteiger charge is 2.13. The van der Waals surface area contributed by atoms with E-state index in [1.807, 2.05) is 22.7 Å². The van der Waals surface area contributed by atoms with Gasteiger partial charge in [-0.25, -0.2) is 15.0 Å². The van der Waals surface area contributed by atoms with Gasteiger partial charge >= 0.3 is 0 Å². The van der Waals surface area contributed by atoms with Crippen LogP contribution in [0.15, 0.2) is 37.1 Å². The minimum Gasteiger partial charge on any atom is -0.369 e. The average molecular weight is 321 g/mol. The van der Waals surface area contributed by atoms with Crippen molar-refractivity contribution in [3.63, 3.8) is 0 Å². The van der Waals surface area contributed by atoms with Crippen LogP contribution in [0, 0.1) is 0 Å². The first kappa shape index (κ1) is 14.8. The molecule has 24 heavy (non-hydrogen) atoms. The number of anilines is 1. The van der Waals surface area contributed by atoms with Crippen molar-refractivity contribution < 1.29 is 0 Å². The summed E-state index contributed by atoms with van der Waals surface area (Å²) in [6.45, 7) is 1.90. The second-order valence-electron chi connectivity index (χ2n) is 6.06. The fraction of sp³-hybridized carbons (Fsp3) is 0.294. The average Bonchev–Trinajstić information content (AvgIpc) is 2.97. The predicted octanol–water partition coefficient (Wildman–Crippen LogP) is 2.19. The van der Waals surface area contributed by atoms with Gasteiger partial charge in [-0.15, -0.1) is 0 Å². The molecule has 0 aliphatic carbocycles. The van der Waals surface area contributed by atoms with Gasteiger partial charge in [0.2, 0.25) is 0 Å². The first-order valence-corrected chi connectivity index (χ1v) is 7.98. The topological polar surface area (TPSA) is 71.2 Å². The number of fused-ring (bicyclic) bond motifs is 5. The van der Waals surface area contributed by atoms with Crippen LogP contribution < -0.4 is 5.32 Å². The number of nitrogens with one attached hydrogen (secondary N) is 1. The minimum atomic E-state index is 0.800. The van der Waals surface area contributed by atoms with Gasteiger partial charge in [0.15, 0.2) is 5.65 Å². The predicted molar refractivity (Wildman–Crippen MR) is 95.2 cm³/mol. The Balaban J connectivity index is 1.83. The molecule has 0 atom stereocenters. The van der Waals surface area contributed by atoms with Gasteiger partial charge in [-0.3, -0.25) is 9.38 Å². The van der Waals surface area contributed by atoms with Crippen LogP contribution in [-0.2, 0) is 0 Å². The van der Waals surface area contributed by atoms with Crippen LogP contribution in [0.2, 0.25) is 0 Å². The summed E-state index contributed by atoms with van der Waals surface area (Å²) in [5.41, 5.74) is 2.49. The van der Waals surface area contributed by atoms with Crippen molar-refractivity contribution in [2.75, 3.05) is 32.5 Å². The molecule has 0 unspecified atom stereocenters. The fourth-order valence-electron chi connectivity index (χ4n) is 2.87. The molecule has 0 saturated carbocycles. The van der Waals surface area contributed by atoms with E-state index in [9.17, 15) is 0 Å². The maximum atomic E-state index is 4.82. The van der Waals surface area contributed by atoms with E-state index >= 15 is 0 Å². The van der Waals surface area contributed by atoms with Crippen LogP contribution in [0.4, 0.5) is 5.82 Å². The van der Waals surface area contributed by atoms with Crippen molar-refractivity contribution in [3.8, 4) is 0 Å². The number of pyridine rings is 2. The lowest BCUT2D eigenvalue weighted by atomic mass is 10.2. The number of aromatic nitrogens is 5. The summed E-state index contributed by atoms with van der Waals surface area (Å²) in [4.78, 5) is 20.1. The Bertz CT molecular complexity index is 1010. The first-order chi connectivity index (χ1) is 11.7. The van der Waals surface area contributed by atoms with Crippen LogP contribution in [0.3, 0.4) is 0 Å². The lowest BCUT2D eigenvalue weighted by Gasteiger charge is -2.12. The molecule has 7 heteroatoms. The molecule has 0 radical (unpaired) electrons. The second kappa shape index (κ2) is 6.01. The fourth-order valence-corrected chi connectivity index (χ4v) is 2.87. The van der Waals surface area contributed by atoms with Gasteiger partial charge in [0.05, 0.1) is 0 Å². The van der Waals surface area contributed by atoms with Gasteiger partial charge in [0.25, 0.3) is 0 Å². The highest BCUT2D eigenvalue weighted by atomic mass is 15.1. The quantitative estimate of drug-likeness (QED) is 0.568. The molecule has 0 spiro atoms. The van der Waals surface area contributed by atoms with E-state index in [0.29, 0.717) is 0 Å². The van der Waals surface area contributed by atoms with E-state index in [1.54, 1.807) is 18.7 Å². The number of nitrogens with zero attached hydrogens (tertiary/aromatic N) is 6. The Morgan fingerprint density at radius 2 is 1.96 bits per heavy atom. The summed E-state index contributed by atoms with van der Waals surface area (Å²) in [5, 5.41) is 5.50. The van der Waals surface area contributed by atoms with Crippen LogP contribution in [0.1, 0.15) is 6.42 Å². The van der Waals surface area contributed by atoms with Gasteiger partial charge in [-0.05, 0) is 39.2 Å². The van der Waals surface area contributed by atoms with Crippen molar-refractivity contribution in [2.45, 2.75) is 6.42 Å². The molecule has 4 aromatic rings. The lowest BCUT2D eigenvalue weighted by Crippen LogP contribution is -2.16. The third kappa shape index (κ3) is 2.52. The molecule has 0 fully saturated rings. The van der Waals surface area contributed by atoms with Gasteiger partial charge in [0.1, 0.15) is 23.3 Å². The second-order valence-corrected chi connectivity index (χ2v) is 6.06. The van der Waals surface area contributed by atoms with Crippen molar-refractivity contribution in [1.29, 1.82) is 0 Å². The summed E-state index contributed by atoms with van der Waals surface area (Å²) in [6, 6.07) is 3.87. The Morgan fingerprint density at radius 1 is 1.08 bits per heavy atom. The normalized spacial score (nSPS) is 11.8. The summed E-state index contributed by atoms with van der Waals surface area (Å²) in [5.74, 6) is 0.865. The number of hydrogen-bond donors (Lipinski definition) is 1. The first-order valence-electron chi connectivity index (χ1n) is 7.98. The minimum absolute atomic E-state index is 0.800. The maximum Gasteiger partial charge on any atom is 0.168 e. The summed E-state index contributed by atoms with van der Waals surface area (Å²) in [6.07, 6.45) is 8.17. The lowest BCUT2D eigenvalue weighted by molar-refractivity contribution is 0.405. The Hall–Kier alpha value is -2.80. The monoisotopic (exact) mass is 321 g/mol. The van der Waals surface area contributed by atoms with Crippen LogP contribution in [0.5, 0.6) is 0 Å². The van der Waals surface area contributed by atoms with E-state index < -0.39 is 0 Å². The van der Waals surface area contributed by atoms with E-state index in [1.165, 1.54) is 0 Å². The molecule has 0 aliphatic rings. The Kier molecular flexibility index (Phi) is 3.70. The number of hydrogen-bond acceptors (Lipinski definition) is 6. The Labute approximate surface area is 139 Å². The zero-order chi connectivity index (χ0) is 16.5. The molecule has 4 rings (SSSR count). The maximum absolute atomic E-state index is 4.82.